The number of halogens is 3. The summed E-state index contributed by atoms with van der Waals surface area (Å²) in [5.74, 6) is -4.85. The van der Waals surface area contributed by atoms with E-state index < -0.39 is 42.2 Å². The number of carbonyl (C=O) groups is 1. The second-order valence-corrected chi connectivity index (χ2v) is 10.0. The molecule has 0 aliphatic heterocycles. The highest BCUT2D eigenvalue weighted by Crippen LogP contribution is 2.21. The van der Waals surface area contributed by atoms with Gasteiger partial charge in [-0.25, -0.2) is 21.2 Å². The summed E-state index contributed by atoms with van der Waals surface area (Å²) in [6, 6.07) is 13.9. The van der Waals surface area contributed by atoms with Gasteiger partial charge in [0.1, 0.15) is 5.82 Å². The van der Waals surface area contributed by atoms with Crippen LogP contribution in [0, 0.1) is 5.82 Å². The average Bonchev–Trinajstić information content (AvgIpc) is 2.74. The molecule has 0 aromatic heterocycles. The Morgan fingerprint density at radius 3 is 1.94 bits per heavy atom. The van der Waals surface area contributed by atoms with Gasteiger partial charge in [-0.1, -0.05) is 6.07 Å². The Balaban J connectivity index is 1.71. The van der Waals surface area contributed by atoms with Crippen molar-refractivity contribution in [3.05, 3.63) is 84.2 Å². The zero-order chi connectivity index (χ0) is 23.5. The third-order valence-electron chi connectivity index (χ3n) is 4.18. The van der Waals surface area contributed by atoms with Crippen LogP contribution < -0.4 is 10.0 Å². The SMILES string of the molecule is O=C(Nc1ccc(S(=O)(=O)Nc2cccc(F)c2)cc1)c1ccc(S(=O)(=O)C(F)F)cc1. The molecule has 0 unspecified atom stereocenters. The number of benzene rings is 3. The Kier molecular flexibility index (Phi) is 6.55. The number of anilines is 2. The van der Waals surface area contributed by atoms with Crippen molar-refractivity contribution >= 4 is 37.1 Å². The van der Waals surface area contributed by atoms with Gasteiger partial charge < -0.3 is 5.32 Å². The second-order valence-electron chi connectivity index (χ2n) is 6.42. The van der Waals surface area contributed by atoms with Crippen molar-refractivity contribution < 1.29 is 34.8 Å². The van der Waals surface area contributed by atoms with E-state index in [0.29, 0.717) is 0 Å². The Bertz CT molecular complexity index is 1340. The third-order valence-corrected chi connectivity index (χ3v) is 6.97. The van der Waals surface area contributed by atoms with E-state index in [-0.39, 0.29) is 21.8 Å². The zero-order valence-corrected chi connectivity index (χ0v) is 17.6. The molecule has 168 valence electrons. The van der Waals surface area contributed by atoms with E-state index in [9.17, 15) is 34.8 Å². The molecular weight excluding hydrogens is 469 g/mol. The van der Waals surface area contributed by atoms with Crippen LogP contribution in [0.3, 0.4) is 0 Å². The van der Waals surface area contributed by atoms with Crippen LogP contribution in [0.25, 0.3) is 0 Å². The molecule has 0 spiro atoms. The minimum absolute atomic E-state index is 0.00249. The molecule has 0 saturated carbocycles. The maximum absolute atomic E-state index is 13.2. The van der Waals surface area contributed by atoms with Gasteiger partial charge in [-0.15, -0.1) is 0 Å². The fourth-order valence-electron chi connectivity index (χ4n) is 2.59. The van der Waals surface area contributed by atoms with Crippen molar-refractivity contribution in [2.75, 3.05) is 10.0 Å². The number of sulfone groups is 1. The fraction of sp³-hybridized carbons (Fsp3) is 0.0500. The van der Waals surface area contributed by atoms with Crippen molar-refractivity contribution in [1.29, 1.82) is 0 Å². The predicted octanol–water partition coefficient (Wildman–Crippen LogP) is 3.88. The normalized spacial score (nSPS) is 11.9. The Hall–Kier alpha value is -3.38. The molecule has 0 aliphatic rings. The van der Waals surface area contributed by atoms with Gasteiger partial charge in [0, 0.05) is 11.3 Å². The van der Waals surface area contributed by atoms with Gasteiger partial charge in [0.05, 0.1) is 15.5 Å². The maximum atomic E-state index is 13.2. The first-order valence-electron chi connectivity index (χ1n) is 8.81. The first-order valence-corrected chi connectivity index (χ1v) is 11.8. The number of rotatable bonds is 7. The molecule has 0 saturated heterocycles. The molecule has 3 rings (SSSR count). The highest BCUT2D eigenvalue weighted by Gasteiger charge is 2.26. The summed E-state index contributed by atoms with van der Waals surface area (Å²) in [5.41, 5.74) is 0.270. The highest BCUT2D eigenvalue weighted by molar-refractivity contribution is 7.92. The molecule has 7 nitrogen and oxygen atoms in total. The molecule has 2 N–H and O–H groups in total. The molecule has 0 aliphatic carbocycles. The lowest BCUT2D eigenvalue weighted by atomic mass is 10.2. The van der Waals surface area contributed by atoms with Crippen LogP contribution in [0.1, 0.15) is 10.4 Å². The van der Waals surface area contributed by atoms with Crippen LogP contribution in [0.15, 0.2) is 82.6 Å². The Morgan fingerprint density at radius 1 is 0.781 bits per heavy atom. The summed E-state index contributed by atoms with van der Waals surface area (Å²) in [5, 5.41) is 2.47. The number of carbonyl (C=O) groups excluding carboxylic acids is 1. The van der Waals surface area contributed by atoms with Crippen LogP contribution in [0.4, 0.5) is 24.5 Å². The van der Waals surface area contributed by atoms with Crippen molar-refractivity contribution in [1.82, 2.24) is 0 Å². The second kappa shape index (κ2) is 9.01. The topological polar surface area (TPSA) is 109 Å². The molecule has 0 heterocycles. The lowest BCUT2D eigenvalue weighted by molar-refractivity contribution is 0.102. The van der Waals surface area contributed by atoms with Crippen LogP contribution in [-0.2, 0) is 19.9 Å². The van der Waals surface area contributed by atoms with Crippen LogP contribution in [-0.4, -0.2) is 28.5 Å². The van der Waals surface area contributed by atoms with E-state index in [1.807, 2.05) is 0 Å². The van der Waals surface area contributed by atoms with Crippen molar-refractivity contribution in [2.45, 2.75) is 15.5 Å². The molecule has 1 amide bonds. The van der Waals surface area contributed by atoms with Crippen molar-refractivity contribution in [3.8, 4) is 0 Å². The standard InChI is InChI=1S/C20H15F3N2O5S2/c21-14-2-1-3-16(12-14)25-32(29,30)18-10-6-15(7-11-18)24-19(26)13-4-8-17(9-5-13)31(27,28)20(22)23/h1-12,20,25H,(H,24,26). The van der Waals surface area contributed by atoms with Gasteiger partial charge in [0.2, 0.25) is 9.84 Å². The summed E-state index contributed by atoms with van der Waals surface area (Å²) in [7, 11) is -8.77. The van der Waals surface area contributed by atoms with Crippen molar-refractivity contribution in [2.24, 2.45) is 0 Å². The summed E-state index contributed by atoms with van der Waals surface area (Å²) in [4.78, 5) is 11.5. The minimum atomic E-state index is -4.77. The molecular formula is C20H15F3N2O5S2. The van der Waals surface area contributed by atoms with E-state index in [1.165, 1.54) is 42.5 Å². The number of alkyl halides is 2. The minimum Gasteiger partial charge on any atom is -0.322 e. The van der Waals surface area contributed by atoms with E-state index in [0.717, 1.165) is 30.3 Å². The predicted molar refractivity (Wildman–Crippen MR) is 111 cm³/mol. The number of amides is 1. The fourth-order valence-corrected chi connectivity index (χ4v) is 4.36. The lowest BCUT2D eigenvalue weighted by Crippen LogP contribution is -2.15. The lowest BCUT2D eigenvalue weighted by Gasteiger charge is -2.10. The molecule has 0 radical (unpaired) electrons. The van der Waals surface area contributed by atoms with Crippen LogP contribution in [0.2, 0.25) is 0 Å². The van der Waals surface area contributed by atoms with Gasteiger partial charge in [-0.2, -0.15) is 8.78 Å². The molecule has 3 aromatic rings. The van der Waals surface area contributed by atoms with Crippen molar-refractivity contribution in [3.63, 3.8) is 0 Å². The summed E-state index contributed by atoms with van der Waals surface area (Å²) in [6.45, 7) is 0. The first-order chi connectivity index (χ1) is 15.0. The Morgan fingerprint density at radius 2 is 1.38 bits per heavy atom. The smallest absolute Gasteiger partial charge is 0.322 e. The molecule has 32 heavy (non-hydrogen) atoms. The van der Waals surface area contributed by atoms with Gasteiger partial charge in [-0.05, 0) is 66.7 Å². The van der Waals surface area contributed by atoms with Gasteiger partial charge in [0.25, 0.3) is 15.9 Å². The van der Waals surface area contributed by atoms with E-state index in [4.69, 9.17) is 0 Å². The molecule has 12 heteroatoms. The molecule has 0 atom stereocenters. The first kappa shape index (κ1) is 23.3. The van der Waals surface area contributed by atoms with Gasteiger partial charge >= 0.3 is 5.76 Å². The maximum Gasteiger partial charge on any atom is 0.341 e. The average molecular weight is 484 g/mol. The third kappa shape index (κ3) is 5.26. The number of sulfonamides is 1. The van der Waals surface area contributed by atoms with E-state index in [2.05, 4.69) is 10.0 Å². The van der Waals surface area contributed by atoms with Crippen LogP contribution >= 0.6 is 0 Å². The largest absolute Gasteiger partial charge is 0.341 e. The molecule has 0 fully saturated rings. The van der Waals surface area contributed by atoms with Crippen LogP contribution in [0.5, 0.6) is 0 Å². The molecule has 3 aromatic carbocycles. The number of hydrogen-bond acceptors (Lipinski definition) is 5. The Labute approximate surface area is 181 Å². The summed E-state index contributed by atoms with van der Waals surface area (Å²) >= 11 is 0. The summed E-state index contributed by atoms with van der Waals surface area (Å²) < 4.78 is 88.3. The quantitative estimate of drug-likeness (QED) is 0.529. The zero-order valence-electron chi connectivity index (χ0n) is 16.0. The summed E-state index contributed by atoms with van der Waals surface area (Å²) in [6.07, 6.45) is 0. The monoisotopic (exact) mass is 484 g/mol. The number of nitrogens with one attached hydrogen (secondary N) is 2. The molecule has 0 bridgehead atoms. The highest BCUT2D eigenvalue weighted by atomic mass is 32.2. The van der Waals surface area contributed by atoms with E-state index in [1.54, 1.807) is 0 Å². The van der Waals surface area contributed by atoms with Gasteiger partial charge in [-0.3, -0.25) is 9.52 Å². The number of hydrogen-bond donors (Lipinski definition) is 2. The van der Waals surface area contributed by atoms with E-state index >= 15 is 0 Å². The van der Waals surface area contributed by atoms with Gasteiger partial charge in [0.15, 0.2) is 0 Å².